The maximum absolute atomic E-state index is 13.7. The minimum absolute atomic E-state index is 0.0104. The second-order valence-electron chi connectivity index (χ2n) is 7.97. The van der Waals surface area contributed by atoms with Gasteiger partial charge in [0, 0.05) is 0 Å². The summed E-state index contributed by atoms with van der Waals surface area (Å²) in [4.78, 5) is 6.12. The number of alkyl halides is 4. The van der Waals surface area contributed by atoms with Crippen molar-refractivity contribution in [1.29, 1.82) is 10.5 Å². The number of ether oxygens (including phenoxy) is 7. The molecule has 0 radical (unpaired) electrons. The van der Waals surface area contributed by atoms with E-state index in [1.807, 2.05) is 12.1 Å². The second kappa shape index (κ2) is 22.1. The highest BCUT2D eigenvalue weighted by atomic mass is 19.3. The van der Waals surface area contributed by atoms with Crippen LogP contribution in [-0.4, -0.2) is 120 Å². The summed E-state index contributed by atoms with van der Waals surface area (Å²) in [6.07, 6.45) is -12.7. The first kappa shape index (κ1) is 37.3. The highest BCUT2D eigenvalue weighted by Gasteiger charge is 2.44. The van der Waals surface area contributed by atoms with Crippen LogP contribution >= 0.6 is 0 Å². The highest BCUT2D eigenvalue weighted by Crippen LogP contribution is 2.27. The SMILES string of the molecule is [C-]#[N+]CC(C[N+]#[C-])OCC(O)COCC(F)(F)OC(F)(F)COCOCCOCC(O)COC(CC#N)CC#N. The van der Waals surface area contributed by atoms with Crippen molar-refractivity contribution >= 4 is 0 Å². The van der Waals surface area contributed by atoms with E-state index in [1.54, 1.807) is 0 Å². The molecule has 0 aromatic heterocycles. The van der Waals surface area contributed by atoms with Gasteiger partial charge in [0.05, 0.1) is 70.7 Å². The summed E-state index contributed by atoms with van der Waals surface area (Å²) < 4.78 is 87.4. The Bertz CT molecular complexity index is 814. The number of hydrogen-bond acceptors (Lipinski definition) is 11. The molecule has 0 aliphatic heterocycles. The minimum Gasteiger partial charge on any atom is -0.388 e. The Morgan fingerprint density at radius 1 is 0.700 bits per heavy atom. The normalized spacial score (nSPS) is 13.4. The van der Waals surface area contributed by atoms with Crippen molar-refractivity contribution in [3.05, 3.63) is 22.8 Å². The Hall–Kier alpha value is -2.68. The zero-order chi connectivity index (χ0) is 30.3. The highest BCUT2D eigenvalue weighted by molar-refractivity contribution is 4.84. The molecule has 17 heteroatoms. The maximum Gasteiger partial charge on any atom is 0.383 e. The molecule has 0 aromatic carbocycles. The fourth-order valence-electron chi connectivity index (χ4n) is 2.56. The molecule has 2 N–H and O–H groups in total. The number of nitrogens with zero attached hydrogens (tertiary/aromatic N) is 4. The van der Waals surface area contributed by atoms with Crippen molar-refractivity contribution in [3.63, 3.8) is 0 Å². The van der Waals surface area contributed by atoms with Crippen molar-refractivity contribution < 1.29 is 60.9 Å². The van der Waals surface area contributed by atoms with E-state index in [4.69, 9.17) is 42.6 Å². The Kier molecular flexibility index (Phi) is 20.6. The predicted octanol–water partition coefficient (Wildman–Crippen LogP) is 1.37. The molecule has 0 aliphatic carbocycles. The molecule has 0 fully saturated rings. The largest absolute Gasteiger partial charge is 0.388 e. The maximum atomic E-state index is 13.7. The van der Waals surface area contributed by atoms with Gasteiger partial charge in [0.15, 0.2) is 0 Å². The van der Waals surface area contributed by atoms with Crippen LogP contribution in [0.25, 0.3) is 9.69 Å². The van der Waals surface area contributed by atoms with Crippen LogP contribution in [0, 0.1) is 35.8 Å². The molecule has 226 valence electrons. The van der Waals surface area contributed by atoms with Gasteiger partial charge in [-0.3, -0.25) is 4.74 Å². The molecule has 0 saturated carbocycles. The summed E-state index contributed by atoms with van der Waals surface area (Å²) in [5, 5.41) is 36.7. The molecule has 0 aliphatic rings. The summed E-state index contributed by atoms with van der Waals surface area (Å²) in [5.41, 5.74) is 0. The van der Waals surface area contributed by atoms with E-state index in [1.165, 1.54) is 0 Å². The molecule has 0 saturated heterocycles. The van der Waals surface area contributed by atoms with E-state index in [0.717, 1.165) is 0 Å². The zero-order valence-corrected chi connectivity index (χ0v) is 21.6. The van der Waals surface area contributed by atoms with Crippen LogP contribution in [0.3, 0.4) is 0 Å². The average Bonchev–Trinajstić information content (AvgIpc) is 2.87. The van der Waals surface area contributed by atoms with Gasteiger partial charge in [0.2, 0.25) is 19.2 Å². The lowest BCUT2D eigenvalue weighted by Crippen LogP contribution is -2.40. The van der Waals surface area contributed by atoms with Gasteiger partial charge in [0.1, 0.15) is 32.2 Å². The van der Waals surface area contributed by atoms with Crippen LogP contribution in [-0.2, 0) is 33.2 Å². The molecule has 40 heavy (non-hydrogen) atoms. The smallest absolute Gasteiger partial charge is 0.383 e. The van der Waals surface area contributed by atoms with Crippen molar-refractivity contribution in [2.24, 2.45) is 0 Å². The molecular formula is C23H32F4N4O9. The Morgan fingerprint density at radius 2 is 1.18 bits per heavy atom. The second-order valence-corrected chi connectivity index (χ2v) is 7.97. The molecule has 0 rings (SSSR count). The lowest BCUT2D eigenvalue weighted by molar-refractivity contribution is -0.396. The van der Waals surface area contributed by atoms with Gasteiger partial charge in [-0.1, -0.05) is 0 Å². The van der Waals surface area contributed by atoms with E-state index in [-0.39, 0.29) is 52.4 Å². The number of aliphatic hydroxyl groups excluding tert-OH is 2. The Balaban J connectivity index is 4.02. The first-order chi connectivity index (χ1) is 19.0. The van der Waals surface area contributed by atoms with Gasteiger partial charge in [-0.05, 0) is 0 Å². The molecular weight excluding hydrogens is 552 g/mol. The van der Waals surface area contributed by atoms with E-state index < -0.39 is 69.9 Å². The first-order valence-corrected chi connectivity index (χ1v) is 11.7. The quantitative estimate of drug-likeness (QED) is 0.0690. The standard InChI is InChI=1S/C23H32F4N4O9/c1-30-9-21(10-31-2)39-14-19(33)12-36-15-22(24,25)40-23(26,27)16-37-17-35-8-7-34-11-18(32)13-38-20(3-5-28)4-6-29/h18-21,32-33H,3-4,7-17H2. The van der Waals surface area contributed by atoms with Gasteiger partial charge in [0.25, 0.3) is 0 Å². The van der Waals surface area contributed by atoms with Gasteiger partial charge < -0.3 is 48.3 Å². The zero-order valence-electron chi connectivity index (χ0n) is 21.6. The van der Waals surface area contributed by atoms with Crippen molar-refractivity contribution in [3.8, 4) is 12.1 Å². The molecule has 2 atom stereocenters. The summed E-state index contributed by atoms with van der Waals surface area (Å²) in [6.45, 7) is 7.68. The van der Waals surface area contributed by atoms with Gasteiger partial charge in [-0.15, -0.1) is 0 Å². The van der Waals surface area contributed by atoms with Crippen molar-refractivity contribution in [1.82, 2.24) is 0 Å². The van der Waals surface area contributed by atoms with E-state index in [9.17, 15) is 27.8 Å². The molecule has 2 unspecified atom stereocenters. The molecule has 0 heterocycles. The van der Waals surface area contributed by atoms with Gasteiger partial charge in [-0.2, -0.15) is 28.1 Å². The number of aliphatic hydroxyl groups is 2. The van der Waals surface area contributed by atoms with E-state index in [2.05, 4.69) is 23.9 Å². The lowest BCUT2D eigenvalue weighted by Gasteiger charge is -2.24. The van der Waals surface area contributed by atoms with E-state index >= 15 is 0 Å². The summed E-state index contributed by atoms with van der Waals surface area (Å²) >= 11 is 0. The average molecular weight is 585 g/mol. The molecule has 0 aromatic rings. The molecule has 13 nitrogen and oxygen atoms in total. The van der Waals surface area contributed by atoms with Crippen LogP contribution in [0.5, 0.6) is 0 Å². The Labute approximate surface area is 229 Å². The summed E-state index contributed by atoms with van der Waals surface area (Å²) in [6, 6.07) is 3.72. The third-order valence-corrected chi connectivity index (χ3v) is 4.27. The van der Waals surface area contributed by atoms with E-state index in [0.29, 0.717) is 0 Å². The van der Waals surface area contributed by atoms with Crippen LogP contribution < -0.4 is 0 Å². The third-order valence-electron chi connectivity index (χ3n) is 4.27. The molecule has 0 bridgehead atoms. The predicted molar refractivity (Wildman–Crippen MR) is 124 cm³/mol. The van der Waals surface area contributed by atoms with Crippen LogP contribution in [0.15, 0.2) is 0 Å². The topological polar surface area (TPSA) is 161 Å². The molecule has 0 spiro atoms. The summed E-state index contributed by atoms with van der Waals surface area (Å²) in [7, 11) is 0. The number of nitriles is 2. The monoisotopic (exact) mass is 584 g/mol. The number of halogens is 4. The van der Waals surface area contributed by atoms with Crippen LogP contribution in [0.2, 0.25) is 0 Å². The minimum atomic E-state index is -4.42. The third kappa shape index (κ3) is 21.2. The van der Waals surface area contributed by atoms with Gasteiger partial charge >= 0.3 is 12.2 Å². The first-order valence-electron chi connectivity index (χ1n) is 11.7. The van der Waals surface area contributed by atoms with Crippen LogP contribution in [0.4, 0.5) is 17.6 Å². The fourth-order valence-corrected chi connectivity index (χ4v) is 2.56. The number of rotatable bonds is 25. The van der Waals surface area contributed by atoms with Crippen LogP contribution in [0.1, 0.15) is 12.8 Å². The summed E-state index contributed by atoms with van der Waals surface area (Å²) in [5.74, 6) is 0. The van der Waals surface area contributed by atoms with Gasteiger partial charge in [-0.25, -0.2) is 13.1 Å². The Morgan fingerprint density at radius 3 is 1.70 bits per heavy atom. The molecule has 0 amide bonds. The lowest BCUT2D eigenvalue weighted by atomic mass is 10.2. The van der Waals surface area contributed by atoms with Crippen molar-refractivity contribution in [2.45, 2.75) is 49.5 Å². The number of hydrogen-bond donors (Lipinski definition) is 2. The fraction of sp³-hybridized carbons (Fsp3) is 0.826. The van der Waals surface area contributed by atoms with Crippen molar-refractivity contribution in [2.75, 3.05) is 72.7 Å².